The van der Waals surface area contributed by atoms with Crippen molar-refractivity contribution in [3.8, 4) is 0 Å². The van der Waals surface area contributed by atoms with E-state index in [1.54, 1.807) is 12.1 Å². The van der Waals surface area contributed by atoms with Crippen LogP contribution in [0.2, 0.25) is 0 Å². The lowest BCUT2D eigenvalue weighted by atomic mass is 9.97. The van der Waals surface area contributed by atoms with Crippen molar-refractivity contribution < 1.29 is 4.39 Å². The van der Waals surface area contributed by atoms with Crippen molar-refractivity contribution >= 4 is 0 Å². The van der Waals surface area contributed by atoms with E-state index in [2.05, 4.69) is 12.2 Å². The molecule has 2 heteroatoms. The van der Waals surface area contributed by atoms with Crippen LogP contribution in [0.25, 0.3) is 0 Å². The second kappa shape index (κ2) is 5.62. The molecule has 0 spiro atoms. The zero-order chi connectivity index (χ0) is 13.2. The molecule has 2 saturated carbocycles. The summed E-state index contributed by atoms with van der Waals surface area (Å²) >= 11 is 0. The molecular weight excluding hydrogens is 237 g/mol. The largest absolute Gasteiger partial charge is 0.314 e. The third-order valence-electron chi connectivity index (χ3n) is 4.61. The Morgan fingerprint density at radius 1 is 1.11 bits per heavy atom. The zero-order valence-electron chi connectivity index (χ0n) is 11.7. The van der Waals surface area contributed by atoms with E-state index in [4.69, 9.17) is 0 Å². The van der Waals surface area contributed by atoms with E-state index in [0.29, 0.717) is 6.04 Å². The molecule has 0 bridgehead atoms. The average molecular weight is 261 g/mol. The van der Waals surface area contributed by atoms with Crippen LogP contribution in [0, 0.1) is 23.6 Å². The third-order valence-corrected chi connectivity index (χ3v) is 4.61. The molecule has 1 atom stereocenters. The Morgan fingerprint density at radius 3 is 2.21 bits per heavy atom. The lowest BCUT2D eigenvalue weighted by molar-refractivity contribution is 0.359. The van der Waals surface area contributed by atoms with E-state index in [-0.39, 0.29) is 5.82 Å². The van der Waals surface area contributed by atoms with Crippen LogP contribution in [0.1, 0.15) is 38.2 Å². The second-order valence-corrected chi connectivity index (χ2v) is 6.48. The van der Waals surface area contributed by atoms with Crippen molar-refractivity contribution in [2.75, 3.05) is 6.54 Å². The number of benzene rings is 1. The molecule has 1 nitrogen and oxygen atoms in total. The van der Waals surface area contributed by atoms with Crippen molar-refractivity contribution in [1.82, 2.24) is 5.32 Å². The maximum atomic E-state index is 12.9. The van der Waals surface area contributed by atoms with Crippen molar-refractivity contribution in [2.45, 2.75) is 45.1 Å². The summed E-state index contributed by atoms with van der Waals surface area (Å²) in [7, 11) is 0. The number of hydrogen-bond acceptors (Lipinski definition) is 1. The van der Waals surface area contributed by atoms with Crippen LogP contribution in [-0.2, 0) is 6.42 Å². The van der Waals surface area contributed by atoms with Gasteiger partial charge in [-0.1, -0.05) is 12.1 Å². The fraction of sp³-hybridized carbons (Fsp3) is 0.647. The van der Waals surface area contributed by atoms with Gasteiger partial charge in [-0.05, 0) is 81.0 Å². The van der Waals surface area contributed by atoms with Gasteiger partial charge in [0.15, 0.2) is 0 Å². The SMILES string of the molecule is CC(Cc1ccc(F)cc1)NCC(C1CC1)C1CC1. The molecule has 0 heterocycles. The predicted molar refractivity (Wildman–Crippen MR) is 76.5 cm³/mol. The minimum absolute atomic E-state index is 0.146. The summed E-state index contributed by atoms with van der Waals surface area (Å²) < 4.78 is 12.9. The Hall–Kier alpha value is -0.890. The third kappa shape index (κ3) is 3.79. The van der Waals surface area contributed by atoms with Gasteiger partial charge in [-0.2, -0.15) is 0 Å². The fourth-order valence-electron chi connectivity index (χ4n) is 3.15. The number of nitrogens with one attached hydrogen (secondary N) is 1. The maximum Gasteiger partial charge on any atom is 0.123 e. The Kier molecular flexibility index (Phi) is 3.88. The van der Waals surface area contributed by atoms with Gasteiger partial charge in [0.2, 0.25) is 0 Å². The van der Waals surface area contributed by atoms with Crippen LogP contribution >= 0.6 is 0 Å². The summed E-state index contributed by atoms with van der Waals surface area (Å²) in [5.74, 6) is 2.80. The molecule has 1 aromatic carbocycles. The molecule has 0 radical (unpaired) electrons. The lowest BCUT2D eigenvalue weighted by Crippen LogP contribution is -2.34. The van der Waals surface area contributed by atoms with Crippen LogP contribution in [-0.4, -0.2) is 12.6 Å². The van der Waals surface area contributed by atoms with E-state index >= 15 is 0 Å². The van der Waals surface area contributed by atoms with Gasteiger partial charge in [-0.3, -0.25) is 0 Å². The van der Waals surface area contributed by atoms with Crippen LogP contribution < -0.4 is 5.32 Å². The van der Waals surface area contributed by atoms with Crippen molar-refractivity contribution in [2.24, 2.45) is 17.8 Å². The molecular formula is C17H24FN. The first-order valence-electron chi connectivity index (χ1n) is 7.70. The van der Waals surface area contributed by atoms with Crippen molar-refractivity contribution in [1.29, 1.82) is 0 Å². The summed E-state index contributed by atoms with van der Waals surface area (Å²) in [5.41, 5.74) is 1.22. The van der Waals surface area contributed by atoms with Crippen LogP contribution in [0.4, 0.5) is 4.39 Å². The van der Waals surface area contributed by atoms with E-state index in [9.17, 15) is 4.39 Å². The second-order valence-electron chi connectivity index (χ2n) is 6.48. The number of rotatable bonds is 7. The molecule has 0 saturated heterocycles. The van der Waals surface area contributed by atoms with Crippen LogP contribution in [0.3, 0.4) is 0 Å². The zero-order valence-corrected chi connectivity index (χ0v) is 11.7. The molecule has 2 fully saturated rings. The maximum absolute atomic E-state index is 12.9. The highest BCUT2D eigenvalue weighted by Crippen LogP contribution is 2.48. The Morgan fingerprint density at radius 2 is 1.68 bits per heavy atom. The Bertz CT molecular complexity index is 394. The molecule has 0 amide bonds. The first-order chi connectivity index (χ1) is 9.22. The summed E-state index contributed by atoms with van der Waals surface area (Å²) in [6.07, 6.45) is 6.80. The summed E-state index contributed by atoms with van der Waals surface area (Å²) in [6.45, 7) is 3.41. The van der Waals surface area contributed by atoms with E-state index in [1.165, 1.54) is 37.8 Å². The van der Waals surface area contributed by atoms with Crippen LogP contribution in [0.5, 0.6) is 0 Å². The molecule has 19 heavy (non-hydrogen) atoms. The van der Waals surface area contributed by atoms with Crippen molar-refractivity contribution in [3.63, 3.8) is 0 Å². The molecule has 0 aliphatic heterocycles. The smallest absolute Gasteiger partial charge is 0.123 e. The monoisotopic (exact) mass is 261 g/mol. The summed E-state index contributed by atoms with van der Waals surface area (Å²) in [6, 6.07) is 7.38. The molecule has 104 valence electrons. The van der Waals surface area contributed by atoms with Gasteiger partial charge in [-0.25, -0.2) is 4.39 Å². The number of hydrogen-bond donors (Lipinski definition) is 1. The highest BCUT2D eigenvalue weighted by Gasteiger charge is 2.40. The fourth-order valence-corrected chi connectivity index (χ4v) is 3.15. The standard InChI is InChI=1S/C17H24FN/c1-12(10-13-2-8-16(18)9-3-13)19-11-17(14-4-5-14)15-6-7-15/h2-3,8-9,12,14-15,17,19H,4-7,10-11H2,1H3. The summed E-state index contributed by atoms with van der Waals surface area (Å²) in [5, 5.41) is 3.69. The topological polar surface area (TPSA) is 12.0 Å². The summed E-state index contributed by atoms with van der Waals surface area (Å²) in [4.78, 5) is 0. The first kappa shape index (κ1) is 13.1. The first-order valence-corrected chi connectivity index (χ1v) is 7.70. The lowest BCUT2D eigenvalue weighted by Gasteiger charge is -2.20. The highest BCUT2D eigenvalue weighted by molar-refractivity contribution is 5.17. The number of halogens is 1. The van der Waals surface area contributed by atoms with Gasteiger partial charge in [0.05, 0.1) is 0 Å². The van der Waals surface area contributed by atoms with Gasteiger partial charge in [-0.15, -0.1) is 0 Å². The Labute approximate surface area is 115 Å². The molecule has 0 aromatic heterocycles. The highest BCUT2D eigenvalue weighted by atomic mass is 19.1. The molecule has 2 aliphatic rings. The van der Waals surface area contributed by atoms with E-state index in [0.717, 1.165) is 24.2 Å². The van der Waals surface area contributed by atoms with Gasteiger partial charge < -0.3 is 5.32 Å². The van der Waals surface area contributed by atoms with Gasteiger partial charge in [0.25, 0.3) is 0 Å². The molecule has 1 unspecified atom stereocenters. The van der Waals surface area contributed by atoms with Gasteiger partial charge in [0.1, 0.15) is 5.82 Å². The van der Waals surface area contributed by atoms with E-state index < -0.39 is 0 Å². The average Bonchev–Trinajstić information content (AvgIpc) is 3.26. The predicted octanol–water partition coefficient (Wildman–Crippen LogP) is 3.78. The molecule has 1 aromatic rings. The molecule has 2 aliphatic carbocycles. The molecule has 1 N–H and O–H groups in total. The minimum atomic E-state index is -0.146. The Balaban J connectivity index is 1.45. The quantitative estimate of drug-likeness (QED) is 0.787. The minimum Gasteiger partial charge on any atom is -0.314 e. The molecule has 3 rings (SSSR count). The van der Waals surface area contributed by atoms with Crippen LogP contribution in [0.15, 0.2) is 24.3 Å². The van der Waals surface area contributed by atoms with E-state index in [1.807, 2.05) is 12.1 Å². The van der Waals surface area contributed by atoms with Crippen molar-refractivity contribution in [3.05, 3.63) is 35.6 Å². The normalized spacial score (nSPS) is 20.8. The van der Waals surface area contributed by atoms with Gasteiger partial charge >= 0.3 is 0 Å². The van der Waals surface area contributed by atoms with Gasteiger partial charge in [0, 0.05) is 6.04 Å².